The van der Waals surface area contributed by atoms with Crippen LogP contribution < -0.4 is 5.32 Å². The highest BCUT2D eigenvalue weighted by Crippen LogP contribution is 2.38. The Morgan fingerprint density at radius 2 is 2.47 bits per heavy atom. The summed E-state index contributed by atoms with van der Waals surface area (Å²) in [5.74, 6) is -0.751. The van der Waals surface area contributed by atoms with Crippen LogP contribution in [-0.4, -0.2) is 32.9 Å². The third kappa shape index (κ3) is 3.51. The molecule has 1 aromatic rings. The molecule has 0 saturated heterocycles. The van der Waals surface area contributed by atoms with E-state index in [1.807, 2.05) is 13.8 Å². The summed E-state index contributed by atoms with van der Waals surface area (Å²) in [7, 11) is 0. The molecule has 19 heavy (non-hydrogen) atoms. The van der Waals surface area contributed by atoms with E-state index in [2.05, 4.69) is 10.3 Å². The second kappa shape index (κ2) is 5.96. The van der Waals surface area contributed by atoms with Crippen LogP contribution in [-0.2, 0) is 4.79 Å². The average Bonchev–Trinajstić information content (AvgIpc) is 2.81. The van der Waals surface area contributed by atoms with Gasteiger partial charge in [0, 0.05) is 11.3 Å². The molecule has 0 aliphatic heterocycles. The molecule has 106 valence electrons. The lowest BCUT2D eigenvalue weighted by molar-refractivity contribution is -0.146. The Morgan fingerprint density at radius 1 is 1.68 bits per heavy atom. The highest BCUT2D eigenvalue weighted by atomic mass is 32.2. The summed E-state index contributed by atoms with van der Waals surface area (Å²) in [6, 6.07) is 0.154. The Labute approximate surface area is 117 Å². The van der Waals surface area contributed by atoms with Crippen molar-refractivity contribution in [1.29, 1.82) is 0 Å². The van der Waals surface area contributed by atoms with Crippen molar-refractivity contribution >= 4 is 17.7 Å². The Hall–Kier alpha value is -1.01. The largest absolute Gasteiger partial charge is 0.480 e. The number of carboxylic acid groups (broad SMARTS) is 1. The molecule has 0 bridgehead atoms. The van der Waals surface area contributed by atoms with Crippen LogP contribution in [0.3, 0.4) is 0 Å². The summed E-state index contributed by atoms with van der Waals surface area (Å²) in [5, 5.41) is 13.7. The first-order chi connectivity index (χ1) is 9.02. The van der Waals surface area contributed by atoms with Crippen molar-refractivity contribution in [3.05, 3.63) is 12.5 Å². The van der Waals surface area contributed by atoms with Crippen molar-refractivity contribution in [2.24, 2.45) is 0 Å². The van der Waals surface area contributed by atoms with Gasteiger partial charge in [0.25, 0.3) is 5.22 Å². The topological polar surface area (TPSA) is 75.4 Å². The molecular formula is C13H20N2O3S. The quantitative estimate of drug-likeness (QED) is 0.865. The summed E-state index contributed by atoms with van der Waals surface area (Å²) < 4.78 is 5.23. The highest BCUT2D eigenvalue weighted by molar-refractivity contribution is 7.99. The fourth-order valence-corrected chi connectivity index (χ4v) is 3.85. The molecule has 2 atom stereocenters. The van der Waals surface area contributed by atoms with E-state index in [1.54, 1.807) is 12.5 Å². The first kappa shape index (κ1) is 14.4. The Morgan fingerprint density at radius 3 is 3.05 bits per heavy atom. The van der Waals surface area contributed by atoms with Crippen LogP contribution in [0.1, 0.15) is 39.5 Å². The first-order valence-electron chi connectivity index (χ1n) is 6.59. The molecule has 1 fully saturated rings. The minimum Gasteiger partial charge on any atom is -0.480 e. The number of oxazole rings is 1. The molecular weight excluding hydrogens is 264 g/mol. The number of hydrogen-bond acceptors (Lipinski definition) is 5. The maximum atomic E-state index is 11.6. The minimum absolute atomic E-state index is 0.154. The van der Waals surface area contributed by atoms with Gasteiger partial charge in [0.15, 0.2) is 0 Å². The molecule has 0 aromatic carbocycles. The maximum absolute atomic E-state index is 11.6. The van der Waals surface area contributed by atoms with Gasteiger partial charge in [-0.2, -0.15) is 0 Å². The molecule has 1 heterocycles. The van der Waals surface area contributed by atoms with E-state index in [0.717, 1.165) is 12.8 Å². The molecule has 2 N–H and O–H groups in total. The van der Waals surface area contributed by atoms with E-state index in [1.165, 1.54) is 11.8 Å². The molecule has 5 nitrogen and oxygen atoms in total. The van der Waals surface area contributed by atoms with E-state index >= 15 is 0 Å². The zero-order valence-electron chi connectivity index (χ0n) is 11.3. The monoisotopic (exact) mass is 284 g/mol. The summed E-state index contributed by atoms with van der Waals surface area (Å²) >= 11 is 1.54. The standard InChI is InChI=1S/C13H20N2O3S/c1-9(2)15-13(11(16)17)5-3-4-10(8-13)19-12-14-6-7-18-12/h6-7,9-10,15H,3-5,8H2,1-2H3,(H,16,17). The third-order valence-corrected chi connectivity index (χ3v) is 4.50. The summed E-state index contributed by atoms with van der Waals surface area (Å²) in [6.45, 7) is 3.96. The van der Waals surface area contributed by atoms with Crippen LogP contribution in [0.5, 0.6) is 0 Å². The van der Waals surface area contributed by atoms with E-state index in [4.69, 9.17) is 4.42 Å². The fourth-order valence-electron chi connectivity index (χ4n) is 2.68. The van der Waals surface area contributed by atoms with Gasteiger partial charge < -0.3 is 9.52 Å². The molecule has 0 amide bonds. The number of carboxylic acids is 1. The molecule has 2 rings (SSSR count). The van der Waals surface area contributed by atoms with Gasteiger partial charge >= 0.3 is 5.97 Å². The van der Waals surface area contributed by atoms with Gasteiger partial charge in [0.05, 0.1) is 6.20 Å². The molecule has 2 unspecified atom stereocenters. The maximum Gasteiger partial charge on any atom is 0.323 e. The predicted molar refractivity (Wildman–Crippen MR) is 73.3 cm³/mol. The van der Waals surface area contributed by atoms with Crippen molar-refractivity contribution < 1.29 is 14.3 Å². The predicted octanol–water partition coefficient (Wildman–Crippen LogP) is 2.53. The Balaban J connectivity index is 2.06. The Bertz CT molecular complexity index is 422. The lowest BCUT2D eigenvalue weighted by Crippen LogP contribution is -2.57. The van der Waals surface area contributed by atoms with Gasteiger partial charge in [0.2, 0.25) is 0 Å². The van der Waals surface area contributed by atoms with E-state index in [-0.39, 0.29) is 11.3 Å². The zero-order chi connectivity index (χ0) is 13.9. The SMILES string of the molecule is CC(C)NC1(C(=O)O)CCCC(Sc2ncco2)C1. The molecule has 1 aliphatic rings. The van der Waals surface area contributed by atoms with Gasteiger partial charge in [-0.25, -0.2) is 4.98 Å². The summed E-state index contributed by atoms with van der Waals surface area (Å²) in [5.41, 5.74) is -0.809. The number of nitrogens with zero attached hydrogens (tertiary/aromatic N) is 1. The first-order valence-corrected chi connectivity index (χ1v) is 7.47. The van der Waals surface area contributed by atoms with Gasteiger partial charge in [0.1, 0.15) is 11.8 Å². The van der Waals surface area contributed by atoms with Gasteiger partial charge in [-0.3, -0.25) is 10.1 Å². The van der Waals surface area contributed by atoms with Crippen molar-refractivity contribution in [3.63, 3.8) is 0 Å². The second-order valence-electron chi connectivity index (χ2n) is 5.32. The lowest BCUT2D eigenvalue weighted by Gasteiger charge is -2.39. The smallest absolute Gasteiger partial charge is 0.323 e. The van der Waals surface area contributed by atoms with Crippen molar-refractivity contribution in [1.82, 2.24) is 10.3 Å². The van der Waals surface area contributed by atoms with E-state index in [0.29, 0.717) is 18.1 Å². The lowest BCUT2D eigenvalue weighted by atomic mass is 9.81. The van der Waals surface area contributed by atoms with E-state index in [9.17, 15) is 9.90 Å². The van der Waals surface area contributed by atoms with Gasteiger partial charge in [-0.1, -0.05) is 11.8 Å². The highest BCUT2D eigenvalue weighted by Gasteiger charge is 2.43. The minimum atomic E-state index is -0.809. The van der Waals surface area contributed by atoms with Crippen LogP contribution in [0, 0.1) is 0 Å². The molecule has 0 radical (unpaired) electrons. The zero-order valence-corrected chi connectivity index (χ0v) is 12.1. The number of aliphatic carboxylic acids is 1. The molecule has 6 heteroatoms. The number of hydrogen-bond donors (Lipinski definition) is 2. The van der Waals surface area contributed by atoms with Crippen molar-refractivity contribution in [3.8, 4) is 0 Å². The van der Waals surface area contributed by atoms with E-state index < -0.39 is 11.5 Å². The number of thioether (sulfide) groups is 1. The molecule has 0 spiro atoms. The third-order valence-electron chi connectivity index (χ3n) is 3.36. The number of rotatable bonds is 5. The van der Waals surface area contributed by atoms with Crippen molar-refractivity contribution in [2.75, 3.05) is 0 Å². The van der Waals surface area contributed by atoms with Gasteiger partial charge in [-0.15, -0.1) is 0 Å². The summed E-state index contributed by atoms with van der Waals surface area (Å²) in [6.07, 6.45) is 6.35. The van der Waals surface area contributed by atoms with Crippen molar-refractivity contribution in [2.45, 2.75) is 61.6 Å². The number of nitrogens with one attached hydrogen (secondary N) is 1. The fraction of sp³-hybridized carbons (Fsp3) is 0.692. The van der Waals surface area contributed by atoms with Crippen LogP contribution in [0.2, 0.25) is 0 Å². The Kier molecular flexibility index (Phi) is 4.52. The number of aromatic nitrogens is 1. The average molecular weight is 284 g/mol. The number of carbonyl (C=O) groups is 1. The molecule has 1 aliphatic carbocycles. The van der Waals surface area contributed by atoms with Gasteiger partial charge in [-0.05, 0) is 39.5 Å². The summed E-state index contributed by atoms with van der Waals surface area (Å²) in [4.78, 5) is 15.7. The van der Waals surface area contributed by atoms with Crippen LogP contribution >= 0.6 is 11.8 Å². The molecule has 1 saturated carbocycles. The van der Waals surface area contributed by atoms with Crippen LogP contribution in [0.15, 0.2) is 22.1 Å². The molecule has 1 aromatic heterocycles. The van der Waals surface area contributed by atoms with Crippen LogP contribution in [0.25, 0.3) is 0 Å². The second-order valence-corrected chi connectivity index (χ2v) is 6.57. The van der Waals surface area contributed by atoms with Crippen LogP contribution in [0.4, 0.5) is 0 Å². The normalized spacial score (nSPS) is 27.6.